The summed E-state index contributed by atoms with van der Waals surface area (Å²) in [6, 6.07) is 10.6. The van der Waals surface area contributed by atoms with Crippen molar-refractivity contribution in [3.8, 4) is 0 Å². The average Bonchev–Trinajstić information content (AvgIpc) is 3.22. The van der Waals surface area contributed by atoms with Crippen molar-refractivity contribution in [2.75, 3.05) is 39.4 Å². The fourth-order valence-corrected chi connectivity index (χ4v) is 2.93. The molecule has 3 rings (SSSR count). The van der Waals surface area contributed by atoms with E-state index in [-0.39, 0.29) is 17.5 Å². The monoisotopic (exact) mass is 384 g/mol. The van der Waals surface area contributed by atoms with Gasteiger partial charge in [0.15, 0.2) is 0 Å². The number of benzene rings is 1. The van der Waals surface area contributed by atoms with Gasteiger partial charge >= 0.3 is 0 Å². The molecule has 7 nitrogen and oxygen atoms in total. The van der Waals surface area contributed by atoms with Crippen LogP contribution in [0.5, 0.6) is 0 Å². The van der Waals surface area contributed by atoms with Crippen LogP contribution in [0.4, 0.5) is 0 Å². The molecule has 0 aliphatic carbocycles. The van der Waals surface area contributed by atoms with Gasteiger partial charge in [-0.05, 0) is 31.2 Å². The molecule has 0 radical (unpaired) electrons. The zero-order chi connectivity index (χ0) is 19.8. The van der Waals surface area contributed by atoms with Crippen molar-refractivity contribution in [2.24, 2.45) is 0 Å². The van der Waals surface area contributed by atoms with E-state index in [1.807, 2.05) is 19.1 Å². The molecule has 2 amide bonds. The molecule has 0 bridgehead atoms. The highest BCUT2D eigenvalue weighted by molar-refractivity contribution is 6.05. The summed E-state index contributed by atoms with van der Waals surface area (Å²) in [5.41, 5.74) is 1.70. The fraction of sp³-hybridized carbons (Fsp3) is 0.333. The van der Waals surface area contributed by atoms with Crippen molar-refractivity contribution < 1.29 is 23.6 Å². The van der Waals surface area contributed by atoms with E-state index >= 15 is 0 Å². The Bertz CT molecular complexity index is 807. The molecule has 0 spiro atoms. The van der Waals surface area contributed by atoms with Gasteiger partial charge in [0, 0.05) is 11.6 Å². The third-order valence-corrected chi connectivity index (χ3v) is 4.60. The molecule has 1 aliphatic heterocycles. The number of nitrogens with one attached hydrogen (secondary N) is 3. The molecule has 28 heavy (non-hydrogen) atoms. The molecule has 1 aromatic carbocycles. The predicted molar refractivity (Wildman–Crippen MR) is 105 cm³/mol. The number of carbonyl (C=O) groups excluding carboxylic acids is 2. The summed E-state index contributed by atoms with van der Waals surface area (Å²) in [4.78, 5) is 26.6. The lowest BCUT2D eigenvalue weighted by Crippen LogP contribution is -3.14. The Kier molecular flexibility index (Phi) is 7.00. The summed E-state index contributed by atoms with van der Waals surface area (Å²) < 4.78 is 10.6. The van der Waals surface area contributed by atoms with E-state index in [4.69, 9.17) is 9.15 Å². The molecule has 7 heteroatoms. The second kappa shape index (κ2) is 9.87. The van der Waals surface area contributed by atoms with Crippen LogP contribution in [-0.4, -0.2) is 51.2 Å². The zero-order valence-corrected chi connectivity index (χ0v) is 16.0. The van der Waals surface area contributed by atoms with Crippen LogP contribution in [0.2, 0.25) is 0 Å². The molecule has 0 saturated carbocycles. The maximum absolute atomic E-state index is 12.7. The summed E-state index contributed by atoms with van der Waals surface area (Å²) in [6.45, 7) is 6.66. The second-order valence-electron chi connectivity index (χ2n) is 6.76. The Morgan fingerprint density at radius 1 is 1.14 bits per heavy atom. The number of carbonyl (C=O) groups is 2. The fourth-order valence-electron chi connectivity index (χ4n) is 2.93. The van der Waals surface area contributed by atoms with Gasteiger partial charge in [-0.3, -0.25) is 9.59 Å². The van der Waals surface area contributed by atoms with E-state index in [0.29, 0.717) is 17.9 Å². The van der Waals surface area contributed by atoms with Crippen LogP contribution in [0.15, 0.2) is 52.8 Å². The third-order valence-electron chi connectivity index (χ3n) is 4.60. The Morgan fingerprint density at radius 2 is 1.89 bits per heavy atom. The van der Waals surface area contributed by atoms with E-state index in [2.05, 4.69) is 10.6 Å². The summed E-state index contributed by atoms with van der Waals surface area (Å²) >= 11 is 0. The maximum Gasteiger partial charge on any atom is 0.268 e. The molecule has 1 aliphatic rings. The topological polar surface area (TPSA) is 85.0 Å². The van der Waals surface area contributed by atoms with Gasteiger partial charge in [0.05, 0.1) is 32.6 Å². The molecular formula is C21H26N3O4+. The van der Waals surface area contributed by atoms with Crippen LogP contribution in [0.25, 0.3) is 6.08 Å². The van der Waals surface area contributed by atoms with Crippen molar-refractivity contribution in [1.82, 2.24) is 10.6 Å². The molecule has 0 atom stereocenters. The summed E-state index contributed by atoms with van der Waals surface area (Å²) in [5.74, 6) is -0.190. The van der Waals surface area contributed by atoms with Crippen LogP contribution in [-0.2, 0) is 9.53 Å². The van der Waals surface area contributed by atoms with Gasteiger partial charge in [-0.1, -0.05) is 17.7 Å². The van der Waals surface area contributed by atoms with Gasteiger partial charge in [-0.15, -0.1) is 0 Å². The first kappa shape index (κ1) is 19.9. The lowest BCUT2D eigenvalue weighted by atomic mass is 10.1. The smallest absolute Gasteiger partial charge is 0.268 e. The van der Waals surface area contributed by atoms with Gasteiger partial charge in [0.2, 0.25) is 0 Å². The van der Waals surface area contributed by atoms with Crippen molar-refractivity contribution in [3.63, 3.8) is 0 Å². The molecular weight excluding hydrogens is 358 g/mol. The van der Waals surface area contributed by atoms with Crippen LogP contribution in [0.3, 0.4) is 0 Å². The highest BCUT2D eigenvalue weighted by atomic mass is 16.5. The average molecular weight is 384 g/mol. The molecule has 1 aromatic heterocycles. The number of rotatable bonds is 7. The largest absolute Gasteiger partial charge is 0.465 e. The summed E-state index contributed by atoms with van der Waals surface area (Å²) in [5, 5.41) is 5.59. The number of morpholine rings is 1. The number of hydrogen-bond acceptors (Lipinski definition) is 4. The first-order valence-corrected chi connectivity index (χ1v) is 9.44. The molecule has 2 heterocycles. The number of furan rings is 1. The minimum atomic E-state index is -0.343. The Balaban J connectivity index is 1.63. The second-order valence-corrected chi connectivity index (χ2v) is 6.76. The third kappa shape index (κ3) is 5.80. The van der Waals surface area contributed by atoms with Gasteiger partial charge in [-0.25, -0.2) is 0 Å². The zero-order valence-electron chi connectivity index (χ0n) is 16.0. The van der Waals surface area contributed by atoms with Crippen LogP contribution < -0.4 is 15.5 Å². The highest BCUT2D eigenvalue weighted by Crippen LogP contribution is 2.08. The van der Waals surface area contributed by atoms with E-state index < -0.39 is 0 Å². The van der Waals surface area contributed by atoms with Crippen molar-refractivity contribution in [1.29, 1.82) is 0 Å². The summed E-state index contributed by atoms with van der Waals surface area (Å²) in [6.07, 6.45) is 3.05. The van der Waals surface area contributed by atoms with Gasteiger partial charge in [0.25, 0.3) is 11.8 Å². The van der Waals surface area contributed by atoms with E-state index in [0.717, 1.165) is 38.4 Å². The number of hydrogen-bond donors (Lipinski definition) is 3. The molecule has 1 saturated heterocycles. The van der Waals surface area contributed by atoms with Crippen LogP contribution >= 0.6 is 0 Å². The molecule has 1 fully saturated rings. The quantitative estimate of drug-likeness (QED) is 0.603. The highest BCUT2D eigenvalue weighted by Gasteiger charge is 2.17. The van der Waals surface area contributed by atoms with Crippen molar-refractivity contribution in [3.05, 3.63) is 65.2 Å². The number of quaternary nitrogens is 1. The SMILES string of the molecule is Cc1ccc(C(=O)N/C(=C\c2ccco2)C(=O)NCC[NH+]2CCOCC2)cc1. The number of ether oxygens (including phenoxy) is 1. The van der Waals surface area contributed by atoms with E-state index in [1.54, 1.807) is 24.3 Å². The Morgan fingerprint density at radius 3 is 2.57 bits per heavy atom. The first-order valence-electron chi connectivity index (χ1n) is 9.44. The van der Waals surface area contributed by atoms with Crippen molar-refractivity contribution in [2.45, 2.75) is 6.92 Å². The minimum Gasteiger partial charge on any atom is -0.465 e. The summed E-state index contributed by atoms with van der Waals surface area (Å²) in [7, 11) is 0. The normalized spacial score (nSPS) is 15.2. The minimum absolute atomic E-state index is 0.150. The standard InChI is InChI=1S/C21H25N3O4/c1-16-4-6-17(7-5-16)20(25)23-19(15-18-3-2-12-28-18)21(26)22-8-9-24-10-13-27-14-11-24/h2-7,12,15H,8-11,13-14H2,1H3,(H,22,26)(H,23,25)/p+1/b19-15-. The van der Waals surface area contributed by atoms with E-state index in [1.165, 1.54) is 17.2 Å². The molecule has 3 N–H and O–H groups in total. The predicted octanol–water partition coefficient (Wildman–Crippen LogP) is 0.390. The molecule has 2 aromatic rings. The first-order chi connectivity index (χ1) is 13.6. The molecule has 148 valence electrons. The van der Waals surface area contributed by atoms with Gasteiger partial charge < -0.3 is 24.7 Å². The Hall–Kier alpha value is -2.90. The molecule has 0 unspecified atom stereocenters. The lowest BCUT2D eigenvalue weighted by molar-refractivity contribution is -0.906. The lowest BCUT2D eigenvalue weighted by Gasteiger charge is -2.23. The maximum atomic E-state index is 12.7. The van der Waals surface area contributed by atoms with E-state index in [9.17, 15) is 9.59 Å². The van der Waals surface area contributed by atoms with Crippen LogP contribution in [0, 0.1) is 6.92 Å². The van der Waals surface area contributed by atoms with Gasteiger partial charge in [0.1, 0.15) is 24.5 Å². The van der Waals surface area contributed by atoms with Crippen molar-refractivity contribution >= 4 is 17.9 Å². The van der Waals surface area contributed by atoms with Gasteiger partial charge in [-0.2, -0.15) is 0 Å². The number of aryl methyl sites for hydroxylation is 1. The van der Waals surface area contributed by atoms with Crippen LogP contribution in [0.1, 0.15) is 21.7 Å². The Labute approximate surface area is 164 Å². The number of amides is 2.